The second-order valence-corrected chi connectivity index (χ2v) is 19.9. The van der Waals surface area contributed by atoms with Crippen LogP contribution in [0.1, 0.15) is 311 Å². The van der Waals surface area contributed by atoms with Gasteiger partial charge in [0.2, 0.25) is 0 Å². The van der Waals surface area contributed by atoms with Crippen molar-refractivity contribution in [1.29, 1.82) is 0 Å². The molecule has 0 bridgehead atoms. The molecule has 6 heteroatoms. The predicted octanol–water partition coefficient (Wildman–Crippen LogP) is 18.1. The highest BCUT2D eigenvalue weighted by Crippen LogP contribution is 2.18. The molecule has 1 unspecified atom stereocenters. The summed E-state index contributed by atoms with van der Waals surface area (Å²) in [4.78, 5) is 38.1. The van der Waals surface area contributed by atoms with Gasteiger partial charge in [-0.1, -0.05) is 272 Å². The number of hydrogen-bond acceptors (Lipinski definition) is 6. The molecule has 0 rings (SSSR count). The van der Waals surface area contributed by atoms with Gasteiger partial charge in [0.05, 0.1) is 0 Å². The van der Waals surface area contributed by atoms with Gasteiger partial charge in [0, 0.05) is 19.3 Å². The molecule has 0 N–H and O–H groups in total. The molecule has 0 heterocycles. The number of hydrogen-bond donors (Lipinski definition) is 0. The zero-order chi connectivity index (χ0) is 45.4. The molecule has 0 aliphatic heterocycles. The summed E-state index contributed by atoms with van der Waals surface area (Å²) < 4.78 is 16.9. The third kappa shape index (κ3) is 47.9. The molecule has 2 atom stereocenters. The monoisotopic (exact) mass is 877 g/mol. The van der Waals surface area contributed by atoms with Gasteiger partial charge in [-0.3, -0.25) is 14.4 Å². The zero-order valence-electron chi connectivity index (χ0n) is 42.5. The first kappa shape index (κ1) is 60.4. The van der Waals surface area contributed by atoms with Crippen molar-refractivity contribution in [2.24, 2.45) is 11.8 Å². The maximum absolute atomic E-state index is 12.8. The lowest BCUT2D eigenvalue weighted by molar-refractivity contribution is -0.167. The van der Waals surface area contributed by atoms with Crippen molar-refractivity contribution >= 4 is 17.9 Å². The van der Waals surface area contributed by atoms with Crippen molar-refractivity contribution in [2.75, 3.05) is 13.2 Å². The summed E-state index contributed by atoms with van der Waals surface area (Å²) in [5, 5.41) is 0. The highest BCUT2D eigenvalue weighted by Gasteiger charge is 2.19. The Balaban J connectivity index is 4.31. The van der Waals surface area contributed by atoms with Crippen LogP contribution in [-0.4, -0.2) is 37.2 Å². The predicted molar refractivity (Wildman–Crippen MR) is 266 cm³/mol. The average molecular weight is 877 g/mol. The Bertz CT molecular complexity index is 949. The van der Waals surface area contributed by atoms with E-state index in [0.29, 0.717) is 19.3 Å². The highest BCUT2D eigenvalue weighted by atomic mass is 16.6. The van der Waals surface area contributed by atoms with E-state index in [9.17, 15) is 14.4 Å². The number of carbonyl (C=O) groups excluding carboxylic acids is 3. The lowest BCUT2D eigenvalue weighted by Crippen LogP contribution is -2.30. The van der Waals surface area contributed by atoms with Crippen LogP contribution < -0.4 is 0 Å². The van der Waals surface area contributed by atoms with Gasteiger partial charge in [0.1, 0.15) is 13.2 Å². The molecule has 0 aromatic heterocycles. The number of rotatable bonds is 50. The summed E-state index contributed by atoms with van der Waals surface area (Å²) in [6.07, 6.45) is 50.8. The van der Waals surface area contributed by atoms with E-state index in [-0.39, 0.29) is 31.1 Å². The van der Waals surface area contributed by atoms with E-state index in [2.05, 4.69) is 34.6 Å². The zero-order valence-corrected chi connectivity index (χ0v) is 42.5. The summed E-state index contributed by atoms with van der Waals surface area (Å²) in [5.74, 6) is 0.865. The normalized spacial score (nSPS) is 12.5. The molecule has 0 saturated heterocycles. The fraction of sp³-hybridized carbons (Fsp3) is 0.946. The van der Waals surface area contributed by atoms with E-state index in [1.807, 2.05) is 0 Å². The van der Waals surface area contributed by atoms with Gasteiger partial charge in [-0.25, -0.2) is 0 Å². The Morgan fingerprint density at radius 3 is 0.919 bits per heavy atom. The first-order chi connectivity index (χ1) is 30.3. The van der Waals surface area contributed by atoms with Crippen molar-refractivity contribution < 1.29 is 28.6 Å². The molecule has 0 fully saturated rings. The van der Waals surface area contributed by atoms with E-state index in [4.69, 9.17) is 14.2 Å². The van der Waals surface area contributed by atoms with E-state index in [0.717, 1.165) is 69.6 Å². The minimum Gasteiger partial charge on any atom is -0.462 e. The third-order valence-corrected chi connectivity index (χ3v) is 13.1. The van der Waals surface area contributed by atoms with Gasteiger partial charge in [0.15, 0.2) is 6.10 Å². The second kappa shape index (κ2) is 48.9. The van der Waals surface area contributed by atoms with Crippen LogP contribution in [0.2, 0.25) is 0 Å². The molecular weight excluding hydrogens is 769 g/mol. The van der Waals surface area contributed by atoms with Crippen LogP contribution in [0.4, 0.5) is 0 Å². The lowest BCUT2D eigenvalue weighted by Gasteiger charge is -2.18. The van der Waals surface area contributed by atoms with Gasteiger partial charge in [-0.05, 0) is 31.1 Å². The number of unbranched alkanes of at least 4 members (excludes halogenated alkanes) is 34. The number of carbonyl (C=O) groups is 3. The quantitative estimate of drug-likeness (QED) is 0.0344. The Morgan fingerprint density at radius 1 is 0.339 bits per heavy atom. The molecule has 0 spiro atoms. The summed E-state index contributed by atoms with van der Waals surface area (Å²) >= 11 is 0. The third-order valence-electron chi connectivity index (χ3n) is 13.1. The van der Waals surface area contributed by atoms with Crippen molar-refractivity contribution in [3.05, 3.63) is 0 Å². The van der Waals surface area contributed by atoms with Crippen molar-refractivity contribution in [2.45, 2.75) is 317 Å². The molecule has 0 saturated carbocycles. The van der Waals surface area contributed by atoms with Crippen LogP contribution in [-0.2, 0) is 28.6 Å². The van der Waals surface area contributed by atoms with E-state index in [1.165, 1.54) is 199 Å². The minimum absolute atomic E-state index is 0.0631. The maximum Gasteiger partial charge on any atom is 0.306 e. The smallest absolute Gasteiger partial charge is 0.306 e. The molecule has 62 heavy (non-hydrogen) atoms. The Morgan fingerprint density at radius 2 is 0.613 bits per heavy atom. The largest absolute Gasteiger partial charge is 0.462 e. The van der Waals surface area contributed by atoms with E-state index >= 15 is 0 Å². The topological polar surface area (TPSA) is 78.9 Å². The van der Waals surface area contributed by atoms with E-state index < -0.39 is 6.10 Å². The Kier molecular flexibility index (Phi) is 47.6. The fourth-order valence-electron chi connectivity index (χ4n) is 8.49. The first-order valence-corrected chi connectivity index (χ1v) is 27.8. The standard InChI is InChI=1S/C56H108O6/c1-6-8-9-10-11-12-13-14-17-20-26-31-36-41-46-54(57)60-49-53(62-56(59)48-43-38-33-28-23-22-25-30-35-40-45-52(5)7-2)50-61-55(58)47-42-37-32-27-21-18-15-16-19-24-29-34-39-44-51(3)4/h51-53H,6-50H2,1-5H3/t52?,53-/m1/s1. The van der Waals surface area contributed by atoms with Gasteiger partial charge in [-0.15, -0.1) is 0 Å². The summed E-state index contributed by atoms with van der Waals surface area (Å²) in [6.45, 7) is 11.4. The van der Waals surface area contributed by atoms with Crippen LogP contribution in [0.15, 0.2) is 0 Å². The molecule has 0 aliphatic rings. The fourth-order valence-corrected chi connectivity index (χ4v) is 8.49. The molecule has 0 amide bonds. The number of ether oxygens (including phenoxy) is 3. The summed E-state index contributed by atoms with van der Waals surface area (Å²) in [6, 6.07) is 0. The average Bonchev–Trinajstić information content (AvgIpc) is 3.26. The van der Waals surface area contributed by atoms with Crippen LogP contribution >= 0.6 is 0 Å². The van der Waals surface area contributed by atoms with Crippen LogP contribution in [0, 0.1) is 11.8 Å². The van der Waals surface area contributed by atoms with Crippen molar-refractivity contribution in [3.63, 3.8) is 0 Å². The molecule has 368 valence electrons. The SMILES string of the molecule is CCCCCCCCCCCCCCCCC(=O)OC[C@H](COC(=O)CCCCCCCCCCCCCCCC(C)C)OC(=O)CCCCCCCCCCCCC(C)CC. The van der Waals surface area contributed by atoms with E-state index in [1.54, 1.807) is 0 Å². The molecule has 0 aromatic carbocycles. The lowest BCUT2D eigenvalue weighted by atomic mass is 9.99. The van der Waals surface area contributed by atoms with Crippen LogP contribution in [0.3, 0.4) is 0 Å². The maximum atomic E-state index is 12.8. The Labute approximate surface area is 387 Å². The molecule has 0 aromatic rings. The number of esters is 3. The van der Waals surface area contributed by atoms with Crippen LogP contribution in [0.25, 0.3) is 0 Å². The van der Waals surface area contributed by atoms with Gasteiger partial charge < -0.3 is 14.2 Å². The molecule has 0 radical (unpaired) electrons. The van der Waals surface area contributed by atoms with Gasteiger partial charge in [-0.2, -0.15) is 0 Å². The molecule has 0 aliphatic carbocycles. The summed E-state index contributed by atoms with van der Waals surface area (Å²) in [7, 11) is 0. The molecular formula is C56H108O6. The van der Waals surface area contributed by atoms with Crippen LogP contribution in [0.5, 0.6) is 0 Å². The van der Waals surface area contributed by atoms with Gasteiger partial charge in [0.25, 0.3) is 0 Å². The second-order valence-electron chi connectivity index (χ2n) is 19.9. The Hall–Kier alpha value is -1.59. The first-order valence-electron chi connectivity index (χ1n) is 27.8. The highest BCUT2D eigenvalue weighted by molar-refractivity contribution is 5.71. The molecule has 6 nitrogen and oxygen atoms in total. The van der Waals surface area contributed by atoms with Gasteiger partial charge >= 0.3 is 17.9 Å². The minimum atomic E-state index is -0.762. The van der Waals surface area contributed by atoms with Crippen molar-refractivity contribution in [3.8, 4) is 0 Å². The summed E-state index contributed by atoms with van der Waals surface area (Å²) in [5.41, 5.74) is 0. The van der Waals surface area contributed by atoms with Crippen molar-refractivity contribution in [1.82, 2.24) is 0 Å².